The molecule has 2 fully saturated rings. The van der Waals surface area contributed by atoms with E-state index in [0.29, 0.717) is 5.82 Å². The van der Waals surface area contributed by atoms with Crippen LogP contribution in [-0.4, -0.2) is 29.6 Å². The lowest BCUT2D eigenvalue weighted by Crippen LogP contribution is -2.19. The third-order valence-electron chi connectivity index (χ3n) is 4.00. The number of esters is 1. The maximum atomic E-state index is 11.4. The Morgan fingerprint density at radius 1 is 1.42 bits per heavy atom. The highest BCUT2D eigenvalue weighted by molar-refractivity contribution is 5.85. The minimum atomic E-state index is -0.496. The Balaban J connectivity index is 1.61. The van der Waals surface area contributed by atoms with Crippen molar-refractivity contribution in [1.29, 1.82) is 0 Å². The van der Waals surface area contributed by atoms with E-state index in [4.69, 9.17) is 0 Å². The summed E-state index contributed by atoms with van der Waals surface area (Å²) in [6.45, 7) is 0.951. The predicted molar refractivity (Wildman–Crippen MR) is 70.8 cm³/mol. The molecule has 2 aliphatic carbocycles. The Hall–Kier alpha value is -1.65. The number of nitrogens with one attached hydrogen (secondary N) is 1. The average Bonchev–Trinajstić information content (AvgIpc) is 3.30. The molecule has 1 N–H and O–H groups in total. The van der Waals surface area contributed by atoms with Gasteiger partial charge in [-0.05, 0) is 49.5 Å². The van der Waals surface area contributed by atoms with Crippen LogP contribution in [0.2, 0.25) is 0 Å². The zero-order valence-electron chi connectivity index (χ0n) is 11.1. The number of carbonyl (C=O) groups is 1. The molecule has 19 heavy (non-hydrogen) atoms. The molecule has 1 aromatic rings. The number of ether oxygens (including phenoxy) is 1. The standard InChI is InChI=1S/C14H19N3O2/c1-19-14(18)13-15-7-6-12(17-13)16-8-11(9-2-3-9)10-4-5-10/h6-7,9-11H,2-5,8H2,1H3,(H,15,16,17). The molecular weight excluding hydrogens is 242 g/mol. The number of nitrogens with zero attached hydrogens (tertiary/aromatic N) is 2. The van der Waals surface area contributed by atoms with Crippen LogP contribution in [0.1, 0.15) is 36.3 Å². The Labute approximate surface area is 112 Å². The van der Waals surface area contributed by atoms with Crippen molar-refractivity contribution in [1.82, 2.24) is 9.97 Å². The third-order valence-corrected chi connectivity index (χ3v) is 4.00. The lowest BCUT2D eigenvalue weighted by atomic mass is 9.98. The van der Waals surface area contributed by atoms with Gasteiger partial charge in [-0.25, -0.2) is 14.8 Å². The quantitative estimate of drug-likeness (QED) is 0.795. The van der Waals surface area contributed by atoms with Gasteiger partial charge < -0.3 is 10.1 Å². The van der Waals surface area contributed by atoms with Gasteiger partial charge in [0.1, 0.15) is 5.82 Å². The summed E-state index contributed by atoms with van der Waals surface area (Å²) in [6.07, 6.45) is 7.09. The van der Waals surface area contributed by atoms with E-state index in [1.54, 1.807) is 12.3 Å². The molecule has 0 amide bonds. The van der Waals surface area contributed by atoms with Gasteiger partial charge in [-0.15, -0.1) is 0 Å². The summed E-state index contributed by atoms with van der Waals surface area (Å²) in [5.41, 5.74) is 0. The normalized spacial score (nSPS) is 18.4. The molecule has 1 heterocycles. The first-order valence-electron chi connectivity index (χ1n) is 6.93. The maximum absolute atomic E-state index is 11.4. The van der Waals surface area contributed by atoms with Crippen molar-refractivity contribution in [3.63, 3.8) is 0 Å². The number of carbonyl (C=O) groups excluding carboxylic acids is 1. The van der Waals surface area contributed by atoms with Gasteiger partial charge in [0.15, 0.2) is 0 Å². The van der Waals surface area contributed by atoms with E-state index in [9.17, 15) is 4.79 Å². The van der Waals surface area contributed by atoms with Crippen LogP contribution < -0.4 is 5.32 Å². The average molecular weight is 261 g/mol. The van der Waals surface area contributed by atoms with Gasteiger partial charge in [0.05, 0.1) is 7.11 Å². The molecule has 5 nitrogen and oxygen atoms in total. The highest BCUT2D eigenvalue weighted by Gasteiger charge is 2.41. The number of hydrogen-bond acceptors (Lipinski definition) is 5. The van der Waals surface area contributed by atoms with Crippen LogP contribution in [0.5, 0.6) is 0 Å². The largest absolute Gasteiger partial charge is 0.463 e. The molecule has 5 heteroatoms. The number of rotatable bonds is 6. The molecular formula is C14H19N3O2. The molecule has 0 atom stereocenters. The summed E-state index contributed by atoms with van der Waals surface area (Å²) in [6, 6.07) is 1.79. The number of aromatic nitrogens is 2. The molecule has 0 radical (unpaired) electrons. The summed E-state index contributed by atoms with van der Waals surface area (Å²) < 4.78 is 4.62. The smallest absolute Gasteiger partial charge is 0.376 e. The van der Waals surface area contributed by atoms with E-state index in [0.717, 1.165) is 24.3 Å². The summed E-state index contributed by atoms with van der Waals surface area (Å²) in [5.74, 6) is 2.91. The number of hydrogen-bond donors (Lipinski definition) is 1. The fraction of sp³-hybridized carbons (Fsp3) is 0.643. The predicted octanol–water partition coefficient (Wildman–Crippen LogP) is 2.11. The van der Waals surface area contributed by atoms with Crippen LogP contribution in [0.3, 0.4) is 0 Å². The fourth-order valence-electron chi connectivity index (χ4n) is 2.64. The molecule has 0 unspecified atom stereocenters. The van der Waals surface area contributed by atoms with E-state index in [1.165, 1.54) is 32.8 Å². The van der Waals surface area contributed by atoms with Gasteiger partial charge in [-0.1, -0.05) is 0 Å². The molecule has 0 spiro atoms. The van der Waals surface area contributed by atoms with Crippen LogP contribution in [0.4, 0.5) is 5.82 Å². The third kappa shape index (κ3) is 3.03. The van der Waals surface area contributed by atoms with Gasteiger partial charge >= 0.3 is 5.97 Å². The first-order chi connectivity index (χ1) is 9.28. The van der Waals surface area contributed by atoms with Crippen LogP contribution in [0, 0.1) is 17.8 Å². The highest BCUT2D eigenvalue weighted by atomic mass is 16.5. The van der Waals surface area contributed by atoms with Gasteiger partial charge in [0.2, 0.25) is 5.82 Å². The van der Waals surface area contributed by atoms with Crippen molar-refractivity contribution >= 4 is 11.8 Å². The molecule has 0 bridgehead atoms. The maximum Gasteiger partial charge on any atom is 0.376 e. The monoisotopic (exact) mass is 261 g/mol. The van der Waals surface area contributed by atoms with E-state index >= 15 is 0 Å². The lowest BCUT2D eigenvalue weighted by Gasteiger charge is -2.16. The molecule has 0 aromatic carbocycles. The van der Waals surface area contributed by atoms with Crippen molar-refractivity contribution in [2.45, 2.75) is 25.7 Å². The molecule has 2 aliphatic rings. The van der Waals surface area contributed by atoms with Gasteiger partial charge in [-0.3, -0.25) is 0 Å². The zero-order valence-corrected chi connectivity index (χ0v) is 11.1. The topological polar surface area (TPSA) is 64.1 Å². The Bertz CT molecular complexity index is 458. The second-order valence-electron chi connectivity index (χ2n) is 5.48. The van der Waals surface area contributed by atoms with Crippen LogP contribution in [0.15, 0.2) is 12.3 Å². The molecule has 0 aliphatic heterocycles. The van der Waals surface area contributed by atoms with Gasteiger partial charge in [0, 0.05) is 12.7 Å². The van der Waals surface area contributed by atoms with Crippen molar-refractivity contribution in [3.05, 3.63) is 18.1 Å². The molecule has 0 saturated heterocycles. The lowest BCUT2D eigenvalue weighted by molar-refractivity contribution is 0.0587. The second-order valence-corrected chi connectivity index (χ2v) is 5.48. The van der Waals surface area contributed by atoms with E-state index in [1.807, 2.05) is 0 Å². The number of anilines is 1. The molecule has 3 rings (SSSR count). The Morgan fingerprint density at radius 2 is 2.11 bits per heavy atom. The number of methoxy groups -OCH3 is 1. The fourth-order valence-corrected chi connectivity index (χ4v) is 2.64. The van der Waals surface area contributed by atoms with E-state index in [-0.39, 0.29) is 5.82 Å². The van der Waals surface area contributed by atoms with Crippen molar-refractivity contribution in [3.8, 4) is 0 Å². The second kappa shape index (κ2) is 5.15. The Morgan fingerprint density at radius 3 is 2.68 bits per heavy atom. The first kappa shape index (κ1) is 12.4. The summed E-state index contributed by atoms with van der Waals surface area (Å²) in [7, 11) is 1.34. The molecule has 102 valence electrons. The molecule has 1 aromatic heterocycles. The SMILES string of the molecule is COC(=O)c1nccc(NCC(C2CC2)C2CC2)n1. The van der Waals surface area contributed by atoms with E-state index < -0.39 is 5.97 Å². The minimum absolute atomic E-state index is 0.113. The van der Waals surface area contributed by atoms with Gasteiger partial charge in [0.25, 0.3) is 0 Å². The van der Waals surface area contributed by atoms with Crippen LogP contribution >= 0.6 is 0 Å². The summed E-state index contributed by atoms with van der Waals surface area (Å²) in [5, 5.41) is 3.35. The highest BCUT2D eigenvalue weighted by Crippen LogP contribution is 2.49. The van der Waals surface area contributed by atoms with Crippen LogP contribution in [0.25, 0.3) is 0 Å². The van der Waals surface area contributed by atoms with E-state index in [2.05, 4.69) is 20.0 Å². The van der Waals surface area contributed by atoms with Crippen molar-refractivity contribution in [2.24, 2.45) is 17.8 Å². The van der Waals surface area contributed by atoms with Crippen molar-refractivity contribution in [2.75, 3.05) is 19.0 Å². The molecule has 2 saturated carbocycles. The summed E-state index contributed by atoms with van der Waals surface area (Å²) in [4.78, 5) is 19.4. The van der Waals surface area contributed by atoms with Crippen molar-refractivity contribution < 1.29 is 9.53 Å². The van der Waals surface area contributed by atoms with Crippen LogP contribution in [-0.2, 0) is 4.74 Å². The first-order valence-corrected chi connectivity index (χ1v) is 6.93. The Kier molecular flexibility index (Phi) is 3.36. The minimum Gasteiger partial charge on any atom is -0.463 e. The van der Waals surface area contributed by atoms with Gasteiger partial charge in [-0.2, -0.15) is 0 Å². The zero-order chi connectivity index (χ0) is 13.2. The summed E-state index contributed by atoms with van der Waals surface area (Å²) >= 11 is 0.